The van der Waals surface area contributed by atoms with E-state index < -0.39 is 8.07 Å². The molecule has 1 saturated heterocycles. The van der Waals surface area contributed by atoms with Crippen LogP contribution in [0.3, 0.4) is 0 Å². The van der Waals surface area contributed by atoms with Crippen LogP contribution in [0.5, 0.6) is 0 Å². The molecule has 5 heteroatoms. The van der Waals surface area contributed by atoms with E-state index in [-0.39, 0.29) is 12.7 Å². The van der Waals surface area contributed by atoms with Crippen LogP contribution in [-0.2, 0) is 9.47 Å². The molecule has 1 aliphatic heterocycles. The van der Waals surface area contributed by atoms with Gasteiger partial charge in [-0.25, -0.2) is 0 Å². The summed E-state index contributed by atoms with van der Waals surface area (Å²) in [5, 5.41) is 0.835. The minimum absolute atomic E-state index is 0.250. The van der Waals surface area contributed by atoms with Crippen molar-refractivity contribution in [3.05, 3.63) is 0 Å². The van der Waals surface area contributed by atoms with Crippen LogP contribution in [0.1, 0.15) is 19.3 Å². The van der Waals surface area contributed by atoms with Crippen molar-refractivity contribution in [2.24, 2.45) is 17.3 Å². The average Bonchev–Trinajstić information content (AvgIpc) is 2.64. The summed E-state index contributed by atoms with van der Waals surface area (Å²) in [4.78, 5) is 0. The van der Waals surface area contributed by atoms with Crippen LogP contribution >= 0.6 is 18.5 Å². The quantitative estimate of drug-likeness (QED) is 0.540. The fourth-order valence-electron chi connectivity index (χ4n) is 4.43. The lowest BCUT2D eigenvalue weighted by Gasteiger charge is -2.41. The Morgan fingerprint density at radius 3 is 2.15 bits per heavy atom. The SMILES string of the molecule is COCC1(COC)C[C@@H]2CC([Si](C)(C)C)P(Cl)C[C@H]2C1. The third-order valence-electron chi connectivity index (χ3n) is 5.23. The Morgan fingerprint density at radius 1 is 1.10 bits per heavy atom. The summed E-state index contributed by atoms with van der Waals surface area (Å²) in [6.45, 7) is 9.14. The summed E-state index contributed by atoms with van der Waals surface area (Å²) >= 11 is 6.82. The van der Waals surface area contributed by atoms with Gasteiger partial charge < -0.3 is 9.47 Å². The lowest BCUT2D eigenvalue weighted by molar-refractivity contribution is 0.0107. The van der Waals surface area contributed by atoms with Crippen LogP contribution in [0.15, 0.2) is 0 Å². The summed E-state index contributed by atoms with van der Waals surface area (Å²) < 4.78 is 11.0. The van der Waals surface area contributed by atoms with Crippen LogP contribution in [0.2, 0.25) is 19.6 Å². The Kier molecular flexibility index (Phi) is 5.63. The van der Waals surface area contributed by atoms with Crippen molar-refractivity contribution in [2.45, 2.75) is 44.2 Å². The molecule has 2 nitrogen and oxygen atoms in total. The van der Waals surface area contributed by atoms with E-state index in [1.54, 1.807) is 0 Å². The van der Waals surface area contributed by atoms with E-state index in [2.05, 4.69) is 19.6 Å². The molecule has 1 heterocycles. The van der Waals surface area contributed by atoms with Gasteiger partial charge >= 0.3 is 0 Å². The first-order valence-corrected chi connectivity index (χ1v) is 13.8. The number of ether oxygens (including phenoxy) is 2. The van der Waals surface area contributed by atoms with Crippen molar-refractivity contribution in [2.75, 3.05) is 33.6 Å². The maximum Gasteiger partial charge on any atom is 0.0540 e. The van der Waals surface area contributed by atoms with Gasteiger partial charge in [0, 0.05) is 19.6 Å². The summed E-state index contributed by atoms with van der Waals surface area (Å²) in [5.41, 5.74) is 0.250. The molecule has 2 fully saturated rings. The second kappa shape index (κ2) is 6.54. The molecule has 2 aliphatic rings. The number of fused-ring (bicyclic) bond motifs is 1. The smallest absolute Gasteiger partial charge is 0.0540 e. The highest BCUT2D eigenvalue weighted by Gasteiger charge is 2.51. The fraction of sp³-hybridized carbons (Fsp3) is 1.00. The fourth-order valence-corrected chi connectivity index (χ4v) is 14.2. The summed E-state index contributed by atoms with van der Waals surface area (Å²) in [5.74, 6) is 1.67. The third-order valence-corrected chi connectivity index (χ3v) is 14.0. The normalized spacial score (nSPS) is 36.9. The maximum atomic E-state index is 6.82. The largest absolute Gasteiger partial charge is 0.384 e. The van der Waals surface area contributed by atoms with Crippen LogP contribution < -0.4 is 0 Å². The van der Waals surface area contributed by atoms with Gasteiger partial charge in [-0.2, -0.15) is 0 Å². The Morgan fingerprint density at radius 2 is 1.65 bits per heavy atom. The van der Waals surface area contributed by atoms with Crippen LogP contribution in [-0.4, -0.2) is 47.0 Å². The average molecular weight is 337 g/mol. The van der Waals surface area contributed by atoms with E-state index in [9.17, 15) is 0 Å². The van der Waals surface area contributed by atoms with Crippen LogP contribution in [0.25, 0.3) is 0 Å². The molecule has 0 aromatic heterocycles. The van der Waals surface area contributed by atoms with E-state index in [0.29, 0.717) is 0 Å². The zero-order valence-electron chi connectivity index (χ0n) is 13.6. The van der Waals surface area contributed by atoms with Crippen molar-refractivity contribution >= 4 is 26.6 Å². The van der Waals surface area contributed by atoms with E-state index in [4.69, 9.17) is 20.7 Å². The van der Waals surface area contributed by atoms with E-state index >= 15 is 0 Å². The third kappa shape index (κ3) is 3.60. The number of hydrogen-bond acceptors (Lipinski definition) is 2. The summed E-state index contributed by atoms with van der Waals surface area (Å²) in [7, 11) is 2.23. The van der Waals surface area contributed by atoms with Gasteiger partial charge in [0.25, 0.3) is 0 Å². The van der Waals surface area contributed by atoms with E-state index in [1.807, 2.05) is 14.2 Å². The molecular weight excluding hydrogens is 307 g/mol. The number of halogens is 1. The van der Waals surface area contributed by atoms with Gasteiger partial charge in [0.15, 0.2) is 0 Å². The lowest BCUT2D eigenvalue weighted by atomic mass is 9.86. The second-order valence-electron chi connectivity index (χ2n) is 7.99. The van der Waals surface area contributed by atoms with Gasteiger partial charge in [0.2, 0.25) is 0 Å². The summed E-state index contributed by atoms with van der Waals surface area (Å²) in [6, 6.07) is 0. The molecule has 118 valence electrons. The molecule has 1 saturated carbocycles. The molecule has 0 radical (unpaired) electrons. The molecule has 20 heavy (non-hydrogen) atoms. The van der Waals surface area contributed by atoms with Crippen molar-refractivity contribution in [1.82, 2.24) is 0 Å². The highest BCUT2D eigenvalue weighted by atomic mass is 35.7. The first-order valence-electron chi connectivity index (χ1n) is 7.71. The minimum atomic E-state index is -1.13. The number of methoxy groups -OCH3 is 2. The Balaban J connectivity index is 2.10. The van der Waals surface area contributed by atoms with Crippen molar-refractivity contribution < 1.29 is 9.47 Å². The minimum Gasteiger partial charge on any atom is -0.384 e. The molecule has 0 aromatic rings. The molecule has 4 atom stereocenters. The molecule has 2 unspecified atom stereocenters. The van der Waals surface area contributed by atoms with E-state index in [1.165, 1.54) is 25.4 Å². The van der Waals surface area contributed by atoms with Gasteiger partial charge in [-0.1, -0.05) is 30.9 Å². The van der Waals surface area contributed by atoms with E-state index in [0.717, 1.165) is 30.3 Å². The molecule has 0 amide bonds. The van der Waals surface area contributed by atoms with Crippen molar-refractivity contribution in [3.8, 4) is 0 Å². The molecule has 0 N–H and O–H groups in total. The molecule has 0 aromatic carbocycles. The predicted octanol–water partition coefficient (Wildman–Crippen LogP) is 4.58. The zero-order chi connectivity index (χ0) is 15.0. The van der Waals surface area contributed by atoms with Gasteiger partial charge in [-0.3, -0.25) is 0 Å². The van der Waals surface area contributed by atoms with Crippen molar-refractivity contribution in [3.63, 3.8) is 0 Å². The maximum absolute atomic E-state index is 6.82. The molecular formula is C15H30ClO2PSi. The first-order chi connectivity index (χ1) is 9.31. The number of rotatable bonds is 5. The second-order valence-corrected chi connectivity index (χ2v) is 17.0. The Bertz CT molecular complexity index is 328. The predicted molar refractivity (Wildman–Crippen MR) is 91.8 cm³/mol. The Labute approximate surface area is 131 Å². The molecule has 0 spiro atoms. The molecule has 1 aliphatic carbocycles. The molecule has 2 rings (SSSR count). The highest BCUT2D eigenvalue weighted by Crippen LogP contribution is 2.63. The molecule has 0 bridgehead atoms. The van der Waals surface area contributed by atoms with Crippen molar-refractivity contribution in [1.29, 1.82) is 0 Å². The first kappa shape index (κ1) is 17.2. The van der Waals surface area contributed by atoms with Crippen LogP contribution in [0.4, 0.5) is 0 Å². The van der Waals surface area contributed by atoms with Gasteiger partial charge in [-0.15, -0.1) is 0 Å². The van der Waals surface area contributed by atoms with Gasteiger partial charge in [-0.05, 0) is 49.8 Å². The highest BCUT2D eigenvalue weighted by molar-refractivity contribution is 7.86. The standard InChI is InChI=1S/C15H30ClO2PSi/c1-17-10-15(11-18-2)7-12-6-14(20(3,4)5)19(16)9-13(12)8-15/h12-14H,6-11H2,1-5H3/t12-,13+,14?,19?/m0/s1. The Hall–Kier alpha value is 0.857. The topological polar surface area (TPSA) is 18.5 Å². The monoisotopic (exact) mass is 336 g/mol. The zero-order valence-corrected chi connectivity index (χ0v) is 16.3. The lowest BCUT2D eigenvalue weighted by Crippen LogP contribution is -2.41. The summed E-state index contributed by atoms with van der Waals surface area (Å²) in [6.07, 6.45) is 5.17. The number of hydrogen-bond donors (Lipinski definition) is 0. The van der Waals surface area contributed by atoms with Gasteiger partial charge in [0.1, 0.15) is 0 Å². The van der Waals surface area contributed by atoms with Gasteiger partial charge in [0.05, 0.1) is 21.3 Å². The van der Waals surface area contributed by atoms with Crippen LogP contribution in [0, 0.1) is 17.3 Å².